The van der Waals surface area contributed by atoms with Crippen molar-refractivity contribution in [2.24, 2.45) is 16.7 Å². The number of hydrogen-bond acceptors (Lipinski definition) is 4. The zero-order valence-electron chi connectivity index (χ0n) is 14.1. The second kappa shape index (κ2) is 6.03. The van der Waals surface area contributed by atoms with Crippen LogP contribution in [-0.2, 0) is 0 Å². The Hall–Kier alpha value is -3.61. The first-order valence-corrected chi connectivity index (χ1v) is 8.03. The first-order valence-electron chi connectivity index (χ1n) is 8.03. The van der Waals surface area contributed by atoms with Gasteiger partial charge in [0.05, 0.1) is 22.2 Å². The predicted octanol–water partition coefficient (Wildman–Crippen LogP) is 2.97. The molecule has 4 N–H and O–H groups in total. The number of fused-ring (bicyclic) bond motifs is 3. The molecule has 0 saturated heterocycles. The van der Waals surface area contributed by atoms with Crippen molar-refractivity contribution in [3.8, 4) is 0 Å². The number of halogens is 1. The lowest BCUT2D eigenvalue weighted by molar-refractivity contribution is 0.627. The summed E-state index contributed by atoms with van der Waals surface area (Å²) < 4.78 is 16.3. The molecule has 0 bridgehead atoms. The van der Waals surface area contributed by atoms with Crippen LogP contribution < -0.4 is 16.5 Å². The van der Waals surface area contributed by atoms with Crippen molar-refractivity contribution in [3.05, 3.63) is 72.2 Å². The van der Waals surface area contributed by atoms with E-state index < -0.39 is 0 Å². The van der Waals surface area contributed by atoms with E-state index in [1.54, 1.807) is 30.1 Å². The van der Waals surface area contributed by atoms with E-state index >= 15 is 0 Å². The summed E-state index contributed by atoms with van der Waals surface area (Å²) in [6, 6.07) is 16.1. The quantitative estimate of drug-likeness (QED) is 0.258. The molecule has 0 radical (unpaired) electrons. The van der Waals surface area contributed by atoms with Crippen molar-refractivity contribution in [1.29, 1.82) is 0 Å². The number of benzene rings is 2. The molecule has 2 aromatic heterocycles. The molecule has 0 fully saturated rings. The Morgan fingerprint density at radius 1 is 1.12 bits per heavy atom. The summed E-state index contributed by atoms with van der Waals surface area (Å²) in [6.45, 7) is 0. The van der Waals surface area contributed by atoms with Gasteiger partial charge >= 0.3 is 0 Å². The van der Waals surface area contributed by atoms with Gasteiger partial charge in [-0.3, -0.25) is 0 Å². The fourth-order valence-corrected chi connectivity index (χ4v) is 3.08. The normalized spacial score (nSPS) is 12.0. The van der Waals surface area contributed by atoms with E-state index in [2.05, 4.69) is 5.10 Å². The minimum atomic E-state index is -0.310. The van der Waals surface area contributed by atoms with E-state index in [1.807, 2.05) is 40.9 Å². The van der Waals surface area contributed by atoms with Crippen LogP contribution in [0, 0.1) is 5.82 Å². The molecule has 0 unspecified atom stereocenters. The van der Waals surface area contributed by atoms with Gasteiger partial charge in [0, 0.05) is 18.8 Å². The van der Waals surface area contributed by atoms with Gasteiger partial charge in [-0.15, -0.1) is 0 Å². The third kappa shape index (κ3) is 2.41. The third-order valence-electron chi connectivity index (χ3n) is 4.41. The van der Waals surface area contributed by atoms with E-state index in [-0.39, 0.29) is 11.7 Å². The Labute approximate surface area is 149 Å². The minimum Gasteiger partial charge on any atom is -0.382 e. The number of aromatic nitrogens is 2. The van der Waals surface area contributed by atoms with Crippen LogP contribution in [0.1, 0.15) is 5.56 Å². The van der Waals surface area contributed by atoms with Crippen LogP contribution in [0.4, 0.5) is 15.9 Å². The van der Waals surface area contributed by atoms with Gasteiger partial charge in [0.15, 0.2) is 5.82 Å². The molecule has 0 spiro atoms. The maximum atomic E-state index is 14.3. The Morgan fingerprint density at radius 2 is 1.92 bits per heavy atom. The van der Waals surface area contributed by atoms with Crippen LogP contribution in [0.3, 0.4) is 0 Å². The van der Waals surface area contributed by atoms with Crippen molar-refractivity contribution in [3.63, 3.8) is 0 Å². The summed E-state index contributed by atoms with van der Waals surface area (Å²) in [5.74, 6) is 5.83. The molecule has 0 aliphatic rings. The molecular weight excluding hydrogens is 331 g/mol. The molecule has 0 aliphatic carbocycles. The van der Waals surface area contributed by atoms with Gasteiger partial charge in [-0.2, -0.15) is 5.10 Å². The number of nitrogens with two attached hydrogens (primary N) is 2. The van der Waals surface area contributed by atoms with Gasteiger partial charge in [-0.25, -0.2) is 9.37 Å². The van der Waals surface area contributed by atoms with Gasteiger partial charge in [0.2, 0.25) is 0 Å². The van der Waals surface area contributed by atoms with E-state index in [0.29, 0.717) is 22.6 Å². The van der Waals surface area contributed by atoms with Crippen molar-refractivity contribution in [2.75, 3.05) is 11.9 Å². The number of hydrogen-bond donors (Lipinski definition) is 2. The molecule has 130 valence electrons. The predicted molar refractivity (Wildman–Crippen MR) is 102 cm³/mol. The summed E-state index contributed by atoms with van der Waals surface area (Å²) in [6.07, 6.45) is 1.94. The Balaban J connectivity index is 1.98. The molecule has 2 heterocycles. The number of anilines is 2. The zero-order chi connectivity index (χ0) is 18.3. The van der Waals surface area contributed by atoms with Gasteiger partial charge in [0.25, 0.3) is 0 Å². The standard InChI is InChI=1S/C19H17FN6/c1-25(15-6-3-2-5-13(15)20)19-17-7-4-10-26(17)16-9-8-12(18(21)24-22)11-14(16)23-19/h2-11H,22H2,1H3,(H2,21,24). The monoisotopic (exact) mass is 348 g/mol. The number of para-hydroxylation sites is 1. The smallest absolute Gasteiger partial charge is 0.157 e. The maximum Gasteiger partial charge on any atom is 0.157 e. The first kappa shape index (κ1) is 15.9. The Kier molecular flexibility index (Phi) is 3.69. The average Bonchev–Trinajstić information content (AvgIpc) is 3.16. The van der Waals surface area contributed by atoms with Gasteiger partial charge in [-0.1, -0.05) is 12.1 Å². The lowest BCUT2D eigenvalue weighted by Gasteiger charge is -2.21. The summed E-state index contributed by atoms with van der Waals surface area (Å²) in [4.78, 5) is 6.49. The fraction of sp³-hybridized carbons (Fsp3) is 0.0526. The highest BCUT2D eigenvalue weighted by molar-refractivity contribution is 6.00. The first-order chi connectivity index (χ1) is 12.6. The Bertz CT molecular complexity index is 1150. The lowest BCUT2D eigenvalue weighted by Crippen LogP contribution is -2.16. The number of rotatable bonds is 3. The molecule has 4 rings (SSSR count). The van der Waals surface area contributed by atoms with E-state index in [9.17, 15) is 4.39 Å². The second-order valence-electron chi connectivity index (χ2n) is 5.93. The molecule has 6 nitrogen and oxygen atoms in total. The van der Waals surface area contributed by atoms with Gasteiger partial charge in [-0.05, 0) is 42.5 Å². The number of amidine groups is 1. The van der Waals surface area contributed by atoms with Crippen LogP contribution in [0.15, 0.2) is 65.9 Å². The van der Waals surface area contributed by atoms with E-state index in [4.69, 9.17) is 16.6 Å². The summed E-state index contributed by atoms with van der Waals surface area (Å²) in [7, 11) is 1.79. The minimum absolute atomic E-state index is 0.227. The van der Waals surface area contributed by atoms with Crippen LogP contribution >= 0.6 is 0 Å². The van der Waals surface area contributed by atoms with E-state index in [0.717, 1.165) is 11.0 Å². The third-order valence-corrected chi connectivity index (χ3v) is 4.41. The second-order valence-corrected chi connectivity index (χ2v) is 5.93. The number of hydrazone groups is 1. The molecule has 2 aromatic carbocycles. The molecule has 26 heavy (non-hydrogen) atoms. The molecular formula is C19H17FN6. The average molecular weight is 348 g/mol. The van der Waals surface area contributed by atoms with Crippen molar-refractivity contribution < 1.29 is 4.39 Å². The van der Waals surface area contributed by atoms with E-state index in [1.165, 1.54) is 6.07 Å². The molecule has 7 heteroatoms. The van der Waals surface area contributed by atoms with Crippen LogP contribution in [0.5, 0.6) is 0 Å². The van der Waals surface area contributed by atoms with Crippen LogP contribution in [0.25, 0.3) is 16.6 Å². The highest BCUT2D eigenvalue weighted by atomic mass is 19.1. The molecule has 0 aliphatic heterocycles. The lowest BCUT2D eigenvalue weighted by atomic mass is 10.1. The maximum absolute atomic E-state index is 14.3. The van der Waals surface area contributed by atoms with Gasteiger partial charge < -0.3 is 20.9 Å². The topological polar surface area (TPSA) is 84.9 Å². The van der Waals surface area contributed by atoms with Crippen molar-refractivity contribution in [1.82, 2.24) is 9.38 Å². The number of nitrogens with zero attached hydrogens (tertiary/aromatic N) is 4. The largest absolute Gasteiger partial charge is 0.382 e. The van der Waals surface area contributed by atoms with Crippen LogP contribution in [0.2, 0.25) is 0 Å². The highest BCUT2D eigenvalue weighted by Gasteiger charge is 2.16. The Morgan fingerprint density at radius 3 is 2.69 bits per heavy atom. The van der Waals surface area contributed by atoms with Crippen molar-refractivity contribution >= 4 is 33.9 Å². The highest BCUT2D eigenvalue weighted by Crippen LogP contribution is 2.31. The van der Waals surface area contributed by atoms with Gasteiger partial charge in [0.1, 0.15) is 11.7 Å². The summed E-state index contributed by atoms with van der Waals surface area (Å²) in [5, 5.41) is 3.53. The fourth-order valence-electron chi connectivity index (χ4n) is 3.08. The zero-order valence-corrected chi connectivity index (χ0v) is 14.1. The van der Waals surface area contributed by atoms with Crippen molar-refractivity contribution in [2.45, 2.75) is 0 Å². The molecule has 0 saturated carbocycles. The summed E-state index contributed by atoms with van der Waals surface area (Å²) in [5.41, 5.74) is 9.43. The van der Waals surface area contributed by atoms with Crippen LogP contribution in [-0.4, -0.2) is 22.3 Å². The molecule has 0 atom stereocenters. The molecule has 4 aromatic rings. The molecule has 0 amide bonds. The summed E-state index contributed by atoms with van der Waals surface area (Å²) >= 11 is 0. The SMILES string of the molecule is CN(c1ccccc1F)c1nc2cc(/C(N)=N/N)ccc2n2cccc12.